The third kappa shape index (κ3) is 3.52. The number of hydrogen-bond donors (Lipinski definition) is 0. The summed E-state index contributed by atoms with van der Waals surface area (Å²) in [6.07, 6.45) is 8.07. The second-order valence-electron chi connectivity index (χ2n) is 5.30. The van der Waals surface area contributed by atoms with Gasteiger partial charge in [-0.05, 0) is 32.2 Å². The maximum absolute atomic E-state index is 12.1. The van der Waals surface area contributed by atoms with Gasteiger partial charge in [0.05, 0.1) is 12.1 Å². The van der Waals surface area contributed by atoms with Crippen LogP contribution in [0.25, 0.3) is 0 Å². The summed E-state index contributed by atoms with van der Waals surface area (Å²) in [5, 5.41) is 0. The highest BCUT2D eigenvalue weighted by Crippen LogP contribution is 2.21. The van der Waals surface area contributed by atoms with Gasteiger partial charge in [-0.1, -0.05) is 19.8 Å². The Hall–Kier alpha value is -0.410. The molecule has 2 fully saturated rings. The lowest BCUT2D eigenvalue weighted by molar-refractivity contribution is -0.124. The molecule has 3 heteroatoms. The van der Waals surface area contributed by atoms with Crippen molar-refractivity contribution < 1.29 is 9.53 Å². The molecule has 0 N–H and O–H groups in total. The van der Waals surface area contributed by atoms with Crippen molar-refractivity contribution in [2.75, 3.05) is 19.7 Å². The second kappa shape index (κ2) is 6.50. The first kappa shape index (κ1) is 13.0. The van der Waals surface area contributed by atoms with Crippen molar-refractivity contribution in [1.82, 2.24) is 4.90 Å². The monoisotopic (exact) mass is 239 g/mol. The van der Waals surface area contributed by atoms with Crippen LogP contribution in [-0.4, -0.2) is 42.5 Å². The number of nitrogens with zero attached hydrogens (tertiary/aromatic N) is 1. The second-order valence-corrected chi connectivity index (χ2v) is 5.30. The lowest BCUT2D eigenvalue weighted by Gasteiger charge is -2.30. The molecule has 2 unspecified atom stereocenters. The molecule has 1 aliphatic heterocycles. The zero-order valence-electron chi connectivity index (χ0n) is 11.0. The minimum absolute atomic E-state index is 0.173. The van der Waals surface area contributed by atoms with Crippen LogP contribution in [0.4, 0.5) is 0 Å². The van der Waals surface area contributed by atoms with E-state index in [0.717, 1.165) is 45.4 Å². The van der Waals surface area contributed by atoms with Gasteiger partial charge in [0.1, 0.15) is 5.78 Å². The maximum atomic E-state index is 12.1. The summed E-state index contributed by atoms with van der Waals surface area (Å²) in [6.45, 7) is 4.98. The van der Waals surface area contributed by atoms with Gasteiger partial charge < -0.3 is 4.74 Å². The van der Waals surface area contributed by atoms with Gasteiger partial charge in [0.2, 0.25) is 0 Å². The molecule has 1 heterocycles. The number of Topliss-reactive ketones (excluding diaryl/α,β-unsaturated/α-hetero) is 1. The number of ketones is 1. The van der Waals surface area contributed by atoms with E-state index in [9.17, 15) is 4.79 Å². The summed E-state index contributed by atoms with van der Waals surface area (Å²) in [5.41, 5.74) is 0. The van der Waals surface area contributed by atoms with E-state index in [2.05, 4.69) is 11.8 Å². The molecule has 0 amide bonds. The van der Waals surface area contributed by atoms with Gasteiger partial charge >= 0.3 is 0 Å². The first-order chi connectivity index (χ1) is 8.31. The van der Waals surface area contributed by atoms with Gasteiger partial charge in [0.25, 0.3) is 0 Å². The summed E-state index contributed by atoms with van der Waals surface area (Å²) in [5.74, 6) is 0.461. The van der Waals surface area contributed by atoms with Crippen LogP contribution in [0.3, 0.4) is 0 Å². The first-order valence-corrected chi connectivity index (χ1v) is 7.19. The van der Waals surface area contributed by atoms with Gasteiger partial charge in [-0.2, -0.15) is 0 Å². The Balaban J connectivity index is 1.92. The fourth-order valence-corrected chi connectivity index (χ4v) is 3.05. The van der Waals surface area contributed by atoms with E-state index in [0.29, 0.717) is 11.9 Å². The third-order valence-electron chi connectivity index (χ3n) is 4.08. The Labute approximate surface area is 105 Å². The normalized spacial score (nSPS) is 30.8. The summed E-state index contributed by atoms with van der Waals surface area (Å²) < 4.78 is 5.69. The summed E-state index contributed by atoms with van der Waals surface area (Å²) in [4.78, 5) is 14.5. The van der Waals surface area contributed by atoms with E-state index in [-0.39, 0.29) is 6.04 Å². The van der Waals surface area contributed by atoms with Gasteiger partial charge in [-0.25, -0.2) is 0 Å². The van der Waals surface area contributed by atoms with Crippen LogP contribution < -0.4 is 0 Å². The zero-order chi connectivity index (χ0) is 12.1. The number of carbonyl (C=O) groups excluding carboxylic acids is 1. The topological polar surface area (TPSA) is 29.5 Å². The van der Waals surface area contributed by atoms with Gasteiger partial charge in [-0.3, -0.25) is 9.69 Å². The molecule has 1 aliphatic carbocycles. The molecule has 0 radical (unpaired) electrons. The van der Waals surface area contributed by atoms with E-state index in [1.165, 1.54) is 19.3 Å². The van der Waals surface area contributed by atoms with Crippen LogP contribution in [0.1, 0.15) is 51.9 Å². The zero-order valence-corrected chi connectivity index (χ0v) is 11.0. The predicted molar refractivity (Wildman–Crippen MR) is 68.1 cm³/mol. The number of likely N-dealkylation sites (N-methyl/N-ethyl adjacent to an activating group) is 1. The Morgan fingerprint density at radius 2 is 2.12 bits per heavy atom. The molecule has 0 spiro atoms. The van der Waals surface area contributed by atoms with Crippen LogP contribution >= 0.6 is 0 Å². The van der Waals surface area contributed by atoms with Crippen molar-refractivity contribution in [3.63, 3.8) is 0 Å². The SMILES string of the molecule is CCN(CC1CCCO1)C1CCCCCC1=O. The van der Waals surface area contributed by atoms with E-state index in [1.807, 2.05) is 0 Å². The van der Waals surface area contributed by atoms with E-state index >= 15 is 0 Å². The summed E-state index contributed by atoms with van der Waals surface area (Å²) in [6, 6.07) is 0.173. The van der Waals surface area contributed by atoms with Crippen molar-refractivity contribution in [3.8, 4) is 0 Å². The number of rotatable bonds is 4. The van der Waals surface area contributed by atoms with Crippen LogP contribution in [0.15, 0.2) is 0 Å². The van der Waals surface area contributed by atoms with Crippen molar-refractivity contribution >= 4 is 5.78 Å². The minimum Gasteiger partial charge on any atom is -0.377 e. The molecule has 2 aliphatic rings. The molecular formula is C14H25NO2. The van der Waals surface area contributed by atoms with Crippen molar-refractivity contribution in [1.29, 1.82) is 0 Å². The molecule has 3 nitrogen and oxygen atoms in total. The average molecular weight is 239 g/mol. The summed E-state index contributed by atoms with van der Waals surface area (Å²) in [7, 11) is 0. The highest BCUT2D eigenvalue weighted by molar-refractivity contribution is 5.84. The molecule has 17 heavy (non-hydrogen) atoms. The van der Waals surface area contributed by atoms with E-state index < -0.39 is 0 Å². The van der Waals surface area contributed by atoms with Crippen molar-refractivity contribution in [3.05, 3.63) is 0 Å². The molecule has 1 saturated carbocycles. The van der Waals surface area contributed by atoms with Gasteiger partial charge in [-0.15, -0.1) is 0 Å². The van der Waals surface area contributed by atoms with Crippen LogP contribution in [0.2, 0.25) is 0 Å². The predicted octanol–water partition coefficient (Wildman–Crippen LogP) is 2.39. The lowest BCUT2D eigenvalue weighted by atomic mass is 10.0. The molecule has 0 aromatic carbocycles. The average Bonchev–Trinajstić information content (AvgIpc) is 2.75. The third-order valence-corrected chi connectivity index (χ3v) is 4.08. The van der Waals surface area contributed by atoms with E-state index in [1.54, 1.807) is 0 Å². The summed E-state index contributed by atoms with van der Waals surface area (Å²) >= 11 is 0. The number of hydrogen-bond acceptors (Lipinski definition) is 3. The van der Waals surface area contributed by atoms with Crippen molar-refractivity contribution in [2.45, 2.75) is 64.0 Å². The van der Waals surface area contributed by atoms with Gasteiger partial charge in [0.15, 0.2) is 0 Å². The number of ether oxygens (including phenoxy) is 1. The highest BCUT2D eigenvalue weighted by Gasteiger charge is 2.28. The van der Waals surface area contributed by atoms with E-state index in [4.69, 9.17) is 4.74 Å². The smallest absolute Gasteiger partial charge is 0.149 e. The fraction of sp³-hybridized carbons (Fsp3) is 0.929. The molecular weight excluding hydrogens is 214 g/mol. The number of carbonyl (C=O) groups is 1. The molecule has 0 aromatic heterocycles. The van der Waals surface area contributed by atoms with Crippen LogP contribution in [0.5, 0.6) is 0 Å². The molecule has 2 atom stereocenters. The largest absolute Gasteiger partial charge is 0.377 e. The standard InChI is InChI=1S/C14H25NO2/c1-2-15(11-12-7-6-10-17-12)13-8-4-3-5-9-14(13)16/h12-13H,2-11H2,1H3. The van der Waals surface area contributed by atoms with Crippen LogP contribution in [-0.2, 0) is 9.53 Å². The maximum Gasteiger partial charge on any atom is 0.149 e. The molecule has 98 valence electrons. The Morgan fingerprint density at radius 1 is 1.24 bits per heavy atom. The van der Waals surface area contributed by atoms with Crippen molar-refractivity contribution in [2.24, 2.45) is 0 Å². The first-order valence-electron chi connectivity index (χ1n) is 7.19. The fourth-order valence-electron chi connectivity index (χ4n) is 3.05. The molecule has 1 saturated heterocycles. The molecule has 0 aromatic rings. The Morgan fingerprint density at radius 3 is 2.82 bits per heavy atom. The Bertz CT molecular complexity index is 249. The lowest BCUT2D eigenvalue weighted by Crippen LogP contribution is -2.44. The van der Waals surface area contributed by atoms with Gasteiger partial charge in [0, 0.05) is 19.6 Å². The molecule has 2 rings (SSSR count). The Kier molecular flexibility index (Phi) is 4.99. The quantitative estimate of drug-likeness (QED) is 0.705. The van der Waals surface area contributed by atoms with Crippen LogP contribution in [0, 0.1) is 0 Å². The minimum atomic E-state index is 0.173. The highest BCUT2D eigenvalue weighted by atomic mass is 16.5. The molecule has 0 bridgehead atoms.